The van der Waals surface area contributed by atoms with Crippen LogP contribution in [0.25, 0.3) is 10.6 Å². The second-order valence-electron chi connectivity index (χ2n) is 5.06. The molecule has 1 aliphatic heterocycles. The Balaban J connectivity index is 0.00000132. The third kappa shape index (κ3) is 5.14. The second kappa shape index (κ2) is 9.17. The number of aromatic nitrogens is 1. The van der Waals surface area contributed by atoms with Crippen LogP contribution in [-0.2, 0) is 0 Å². The van der Waals surface area contributed by atoms with Gasteiger partial charge in [0.15, 0.2) is 0 Å². The van der Waals surface area contributed by atoms with Gasteiger partial charge in [-0.2, -0.15) is 0 Å². The Hall–Kier alpha value is -1.21. The first-order valence-electron chi connectivity index (χ1n) is 6.95. The van der Waals surface area contributed by atoms with Crippen molar-refractivity contribution in [3.05, 3.63) is 41.2 Å². The fourth-order valence-corrected chi connectivity index (χ4v) is 3.14. The highest BCUT2D eigenvalue weighted by molar-refractivity contribution is 7.13. The molecule has 2 N–H and O–H groups in total. The molecule has 2 heterocycles. The molecule has 3 rings (SSSR count). The molecule has 1 atom stereocenters. The summed E-state index contributed by atoms with van der Waals surface area (Å²) in [6.45, 7) is 1.82. The van der Waals surface area contributed by atoms with Gasteiger partial charge in [0, 0.05) is 23.5 Å². The number of piperidine rings is 1. The third-order valence-corrected chi connectivity index (χ3v) is 4.35. The van der Waals surface area contributed by atoms with Gasteiger partial charge in [-0.25, -0.2) is 9.37 Å². The SMILES string of the molecule is Cl.Cl.O=C(N[C@H]1CCCNC1)c1csc(-c2ccc(F)cc2)n1. The minimum absolute atomic E-state index is 0. The normalized spacial score (nSPS) is 16.8. The fraction of sp³-hybridized carbons (Fsp3) is 0.333. The van der Waals surface area contributed by atoms with Gasteiger partial charge in [0.05, 0.1) is 0 Å². The van der Waals surface area contributed by atoms with E-state index in [0.717, 1.165) is 36.5 Å². The van der Waals surface area contributed by atoms with Crippen molar-refractivity contribution in [3.63, 3.8) is 0 Å². The molecular weight excluding hydrogens is 360 g/mol. The minimum Gasteiger partial charge on any atom is -0.347 e. The van der Waals surface area contributed by atoms with Crippen LogP contribution in [0, 0.1) is 5.82 Å². The predicted octanol–water partition coefficient (Wildman–Crippen LogP) is 3.27. The van der Waals surface area contributed by atoms with Crippen LogP contribution in [-0.4, -0.2) is 30.0 Å². The number of thiazole rings is 1. The number of carbonyl (C=O) groups excluding carboxylic acids is 1. The molecule has 1 amide bonds. The third-order valence-electron chi connectivity index (χ3n) is 3.46. The van der Waals surface area contributed by atoms with Crippen LogP contribution in [0.3, 0.4) is 0 Å². The number of rotatable bonds is 3. The molecule has 8 heteroatoms. The highest BCUT2D eigenvalue weighted by Gasteiger charge is 2.18. The smallest absolute Gasteiger partial charge is 0.271 e. The molecule has 0 radical (unpaired) electrons. The Morgan fingerprint density at radius 1 is 1.30 bits per heavy atom. The van der Waals surface area contributed by atoms with Gasteiger partial charge in [-0.15, -0.1) is 36.2 Å². The molecule has 126 valence electrons. The molecule has 0 unspecified atom stereocenters. The molecule has 2 aromatic rings. The maximum Gasteiger partial charge on any atom is 0.271 e. The fourth-order valence-electron chi connectivity index (χ4n) is 2.34. The van der Waals surface area contributed by atoms with Crippen molar-refractivity contribution in [1.29, 1.82) is 0 Å². The summed E-state index contributed by atoms with van der Waals surface area (Å²) >= 11 is 1.39. The maximum atomic E-state index is 12.9. The number of carbonyl (C=O) groups is 1. The number of benzene rings is 1. The number of amides is 1. The molecule has 1 aromatic carbocycles. The van der Waals surface area contributed by atoms with Crippen LogP contribution in [0.15, 0.2) is 29.6 Å². The molecule has 1 aliphatic rings. The zero-order valence-corrected chi connectivity index (χ0v) is 14.7. The molecule has 1 fully saturated rings. The van der Waals surface area contributed by atoms with Crippen LogP contribution >= 0.6 is 36.2 Å². The maximum absolute atomic E-state index is 12.9. The molecular formula is C15H18Cl2FN3OS. The van der Waals surface area contributed by atoms with Crippen LogP contribution in [0.5, 0.6) is 0 Å². The average Bonchev–Trinajstić information content (AvgIpc) is 2.99. The van der Waals surface area contributed by atoms with Crippen LogP contribution in [0.1, 0.15) is 23.3 Å². The van der Waals surface area contributed by atoms with Gasteiger partial charge in [-0.05, 0) is 43.7 Å². The molecule has 23 heavy (non-hydrogen) atoms. The van der Waals surface area contributed by atoms with E-state index in [9.17, 15) is 9.18 Å². The summed E-state index contributed by atoms with van der Waals surface area (Å²) in [5, 5.41) is 8.72. The van der Waals surface area contributed by atoms with Gasteiger partial charge in [-0.3, -0.25) is 4.79 Å². The van der Waals surface area contributed by atoms with Gasteiger partial charge in [-0.1, -0.05) is 0 Å². The van der Waals surface area contributed by atoms with E-state index >= 15 is 0 Å². The van der Waals surface area contributed by atoms with Gasteiger partial charge < -0.3 is 10.6 Å². The van der Waals surface area contributed by atoms with E-state index in [0.29, 0.717) is 5.69 Å². The Kier molecular flexibility index (Phi) is 7.91. The molecule has 0 saturated carbocycles. The second-order valence-corrected chi connectivity index (χ2v) is 5.92. The van der Waals surface area contributed by atoms with Crippen molar-refractivity contribution in [2.75, 3.05) is 13.1 Å². The van der Waals surface area contributed by atoms with E-state index < -0.39 is 0 Å². The Morgan fingerprint density at radius 3 is 2.70 bits per heavy atom. The van der Waals surface area contributed by atoms with E-state index in [2.05, 4.69) is 15.6 Å². The van der Waals surface area contributed by atoms with E-state index in [1.165, 1.54) is 23.5 Å². The molecule has 0 aliphatic carbocycles. The summed E-state index contributed by atoms with van der Waals surface area (Å²) in [5.41, 5.74) is 1.24. The van der Waals surface area contributed by atoms with Gasteiger partial charge in [0.2, 0.25) is 0 Å². The molecule has 4 nitrogen and oxygen atoms in total. The van der Waals surface area contributed by atoms with Crippen molar-refractivity contribution in [1.82, 2.24) is 15.6 Å². The quantitative estimate of drug-likeness (QED) is 0.862. The summed E-state index contributed by atoms with van der Waals surface area (Å²) in [5.74, 6) is -0.425. The van der Waals surface area contributed by atoms with Crippen LogP contribution in [0.4, 0.5) is 4.39 Å². The van der Waals surface area contributed by atoms with Gasteiger partial charge in [0.1, 0.15) is 16.5 Å². The first kappa shape index (κ1) is 19.8. The van der Waals surface area contributed by atoms with Crippen LogP contribution < -0.4 is 10.6 Å². The van der Waals surface area contributed by atoms with Gasteiger partial charge >= 0.3 is 0 Å². The van der Waals surface area contributed by atoms with Crippen molar-refractivity contribution < 1.29 is 9.18 Å². The first-order chi connectivity index (χ1) is 10.2. The van der Waals surface area contributed by atoms with E-state index in [4.69, 9.17) is 0 Å². The molecule has 0 bridgehead atoms. The van der Waals surface area contributed by atoms with E-state index in [1.807, 2.05) is 0 Å². The number of halogens is 3. The molecule has 1 aromatic heterocycles. The first-order valence-corrected chi connectivity index (χ1v) is 7.83. The zero-order chi connectivity index (χ0) is 14.7. The van der Waals surface area contributed by atoms with Gasteiger partial charge in [0.25, 0.3) is 5.91 Å². The Bertz CT molecular complexity index is 630. The van der Waals surface area contributed by atoms with E-state index in [1.54, 1.807) is 17.5 Å². The van der Waals surface area contributed by atoms with Crippen molar-refractivity contribution in [3.8, 4) is 10.6 Å². The summed E-state index contributed by atoms with van der Waals surface area (Å²) in [6.07, 6.45) is 2.07. The standard InChI is InChI=1S/C15H16FN3OS.2ClH/c16-11-5-3-10(4-6-11)15-19-13(9-21-15)14(20)18-12-2-1-7-17-8-12;;/h3-6,9,12,17H,1-2,7-8H2,(H,18,20);2*1H/t12-;;/m0../s1. The predicted molar refractivity (Wildman–Crippen MR) is 95.4 cm³/mol. The Morgan fingerprint density at radius 2 is 2.04 bits per heavy atom. The number of hydrogen-bond acceptors (Lipinski definition) is 4. The lowest BCUT2D eigenvalue weighted by Crippen LogP contribution is -2.45. The largest absolute Gasteiger partial charge is 0.347 e. The molecule has 1 saturated heterocycles. The monoisotopic (exact) mass is 377 g/mol. The van der Waals surface area contributed by atoms with Crippen molar-refractivity contribution in [2.45, 2.75) is 18.9 Å². The number of nitrogens with zero attached hydrogens (tertiary/aromatic N) is 1. The topological polar surface area (TPSA) is 54.0 Å². The van der Waals surface area contributed by atoms with Crippen LogP contribution in [0.2, 0.25) is 0 Å². The number of hydrogen-bond donors (Lipinski definition) is 2. The summed E-state index contributed by atoms with van der Waals surface area (Å²) in [4.78, 5) is 16.5. The summed E-state index contributed by atoms with van der Waals surface area (Å²) in [6, 6.07) is 6.29. The summed E-state index contributed by atoms with van der Waals surface area (Å²) in [7, 11) is 0. The average molecular weight is 378 g/mol. The lowest BCUT2D eigenvalue weighted by Gasteiger charge is -2.23. The minimum atomic E-state index is -0.280. The summed E-state index contributed by atoms with van der Waals surface area (Å²) < 4.78 is 12.9. The molecule has 0 spiro atoms. The van der Waals surface area contributed by atoms with Crippen molar-refractivity contribution >= 4 is 42.1 Å². The number of nitrogens with one attached hydrogen (secondary N) is 2. The van der Waals surface area contributed by atoms with Crippen molar-refractivity contribution in [2.24, 2.45) is 0 Å². The zero-order valence-electron chi connectivity index (χ0n) is 12.3. The lowest BCUT2D eigenvalue weighted by atomic mass is 10.1. The highest BCUT2D eigenvalue weighted by atomic mass is 35.5. The highest BCUT2D eigenvalue weighted by Crippen LogP contribution is 2.23. The van der Waals surface area contributed by atoms with E-state index in [-0.39, 0.29) is 42.6 Å². The Labute approximate surface area is 150 Å². The lowest BCUT2D eigenvalue weighted by molar-refractivity contribution is 0.0926.